The molecule has 0 atom stereocenters. The number of nitrogens with zero attached hydrogens (tertiary/aromatic N) is 3. The van der Waals surface area contributed by atoms with E-state index in [1.807, 2.05) is 12.1 Å². The Morgan fingerprint density at radius 3 is 2.22 bits per heavy atom. The zero-order valence-corrected chi connectivity index (χ0v) is 22.0. The molecule has 1 fully saturated rings. The molecule has 1 aromatic heterocycles. The van der Waals surface area contributed by atoms with Gasteiger partial charge in [-0.3, -0.25) is 4.98 Å². The van der Waals surface area contributed by atoms with Gasteiger partial charge in [0.2, 0.25) is 0 Å². The Balaban J connectivity index is 1.70. The minimum Gasteiger partial charge on any atom is -0.338 e. The summed E-state index contributed by atoms with van der Waals surface area (Å²) >= 11 is 0. The van der Waals surface area contributed by atoms with Crippen molar-refractivity contribution in [2.75, 3.05) is 5.75 Å². The molecule has 0 amide bonds. The summed E-state index contributed by atoms with van der Waals surface area (Å²) in [5, 5.41) is 0. The predicted octanol–water partition coefficient (Wildman–Crippen LogP) is 7.45. The van der Waals surface area contributed by atoms with Crippen LogP contribution in [-0.2, 0) is 22.3 Å². The van der Waals surface area contributed by atoms with Gasteiger partial charge < -0.3 is 4.57 Å². The van der Waals surface area contributed by atoms with Crippen LogP contribution >= 0.6 is 0 Å². The van der Waals surface area contributed by atoms with Crippen molar-refractivity contribution in [3.05, 3.63) is 65.7 Å². The monoisotopic (exact) mass is 603 g/mol. The van der Waals surface area contributed by atoms with Crippen LogP contribution in [-0.4, -0.2) is 41.3 Å². The molecule has 1 aliphatic carbocycles. The molecule has 3 aliphatic rings. The Kier molecular flexibility index (Phi) is 7.11. The first-order chi connectivity index (χ1) is 19.1. The van der Waals surface area contributed by atoms with Crippen LogP contribution in [0.15, 0.2) is 53.7 Å². The van der Waals surface area contributed by atoms with Gasteiger partial charge >= 0.3 is 12.1 Å². The Morgan fingerprint density at radius 1 is 1.00 bits per heavy atom. The molecular weight excluding hydrogens is 582 g/mol. The van der Waals surface area contributed by atoms with Crippen LogP contribution < -0.4 is 0 Å². The SMILES string of the molecule is CCS(=O)(=O)c1cc(-c2ccc(C3CC3)cc2)cnc1-c1nc2cc(C(F)(F)C(F)(F)F)cn(CC(F)F)c-2c1F. The number of halogens is 8. The van der Waals surface area contributed by atoms with E-state index in [0.29, 0.717) is 17.0 Å². The third-order valence-corrected chi connectivity index (χ3v) is 8.64. The molecule has 0 saturated heterocycles. The van der Waals surface area contributed by atoms with Gasteiger partial charge in [0.15, 0.2) is 15.7 Å². The molecule has 0 N–H and O–H groups in total. The topological polar surface area (TPSA) is 64.8 Å². The molecule has 2 aromatic rings. The van der Waals surface area contributed by atoms with Crippen LogP contribution in [0.25, 0.3) is 33.9 Å². The highest BCUT2D eigenvalue weighted by molar-refractivity contribution is 7.91. The number of sulfone groups is 1. The normalized spacial score (nSPS) is 14.8. The fraction of sp³-hybridized carbons (Fsp3) is 0.333. The van der Waals surface area contributed by atoms with E-state index in [9.17, 15) is 39.2 Å². The Bertz CT molecular complexity index is 1680. The van der Waals surface area contributed by atoms with Gasteiger partial charge in [-0.25, -0.2) is 26.6 Å². The third kappa shape index (κ3) is 5.29. The van der Waals surface area contributed by atoms with Gasteiger partial charge in [-0.05, 0) is 42.0 Å². The molecule has 1 saturated carbocycles. The molecule has 5 nitrogen and oxygen atoms in total. The molecule has 5 rings (SSSR count). The molecule has 0 bridgehead atoms. The van der Waals surface area contributed by atoms with Crippen LogP contribution in [0.4, 0.5) is 35.1 Å². The van der Waals surface area contributed by atoms with Gasteiger partial charge in [-0.1, -0.05) is 31.2 Å². The van der Waals surface area contributed by atoms with E-state index in [-0.39, 0.29) is 16.8 Å². The lowest BCUT2D eigenvalue weighted by Gasteiger charge is -2.22. The van der Waals surface area contributed by atoms with Crippen molar-refractivity contribution in [3.63, 3.8) is 0 Å². The molecule has 0 radical (unpaired) electrons. The number of hydrogen-bond donors (Lipinski definition) is 0. The maximum atomic E-state index is 15.7. The molecule has 218 valence electrons. The summed E-state index contributed by atoms with van der Waals surface area (Å²) in [4.78, 5) is 7.42. The molecule has 2 aliphatic heterocycles. The van der Waals surface area contributed by atoms with Gasteiger partial charge in [0.25, 0.3) is 6.43 Å². The number of rotatable bonds is 8. The first kappa shape index (κ1) is 29.0. The Hall–Kier alpha value is -3.55. The van der Waals surface area contributed by atoms with Crippen LogP contribution in [0.2, 0.25) is 0 Å². The first-order valence-electron chi connectivity index (χ1n) is 12.4. The lowest BCUT2D eigenvalue weighted by Crippen LogP contribution is -2.34. The van der Waals surface area contributed by atoms with E-state index >= 15 is 4.39 Å². The van der Waals surface area contributed by atoms with Crippen molar-refractivity contribution < 1.29 is 43.5 Å². The largest absolute Gasteiger partial charge is 0.458 e. The van der Waals surface area contributed by atoms with E-state index in [2.05, 4.69) is 9.97 Å². The summed E-state index contributed by atoms with van der Waals surface area (Å²) < 4.78 is 136. The van der Waals surface area contributed by atoms with Crippen molar-refractivity contribution in [2.45, 2.75) is 55.6 Å². The minimum absolute atomic E-state index is 0.0854. The minimum atomic E-state index is -6.08. The molecule has 0 spiro atoms. The van der Waals surface area contributed by atoms with Crippen molar-refractivity contribution in [3.8, 4) is 33.9 Å². The maximum absolute atomic E-state index is 15.7. The zero-order valence-electron chi connectivity index (χ0n) is 21.2. The summed E-state index contributed by atoms with van der Waals surface area (Å²) in [7, 11) is -4.12. The summed E-state index contributed by atoms with van der Waals surface area (Å²) in [5.41, 5.74) is -2.58. The van der Waals surface area contributed by atoms with Crippen LogP contribution in [0.1, 0.15) is 36.8 Å². The van der Waals surface area contributed by atoms with Crippen molar-refractivity contribution in [1.29, 1.82) is 0 Å². The van der Waals surface area contributed by atoms with Crippen LogP contribution in [0.5, 0.6) is 0 Å². The second-order valence-electron chi connectivity index (χ2n) is 9.72. The Labute approximate surface area is 229 Å². The molecule has 1 aromatic carbocycles. The molecule has 0 unspecified atom stereocenters. The van der Waals surface area contributed by atoms with Gasteiger partial charge in [0, 0.05) is 23.5 Å². The summed E-state index contributed by atoms with van der Waals surface area (Å²) in [6.45, 7) is -0.104. The molecule has 41 heavy (non-hydrogen) atoms. The molecule has 14 heteroatoms. The van der Waals surface area contributed by atoms with Gasteiger partial charge in [-0.2, -0.15) is 22.0 Å². The number of pyridine rings is 2. The molecule has 3 heterocycles. The van der Waals surface area contributed by atoms with E-state index in [1.54, 1.807) is 12.1 Å². The standard InChI is InChI=1S/C27H21F8N3O2S/c1-2-41(39,40)20-9-17(16-7-5-15(6-8-16)14-3-4-14)11-36-23(20)24-22(30)25-19(37-24)10-18(12-38(25)13-21(28)29)26(31,32)27(33,34)35/h5-12,14,21H,2-4,13H2,1H3. The number of benzene rings is 1. The first-order valence-corrected chi connectivity index (χ1v) is 14.0. The summed E-state index contributed by atoms with van der Waals surface area (Å²) in [6, 6.07) is 8.83. The average Bonchev–Trinajstić information content (AvgIpc) is 3.70. The highest BCUT2D eigenvalue weighted by atomic mass is 32.2. The van der Waals surface area contributed by atoms with E-state index in [4.69, 9.17) is 0 Å². The number of aromatic nitrogens is 3. The highest BCUT2D eigenvalue weighted by Gasteiger charge is 2.59. The fourth-order valence-electron chi connectivity index (χ4n) is 4.56. The number of alkyl halides is 7. The second-order valence-corrected chi connectivity index (χ2v) is 12.0. The summed E-state index contributed by atoms with van der Waals surface area (Å²) in [5.74, 6) is -6.83. The van der Waals surface area contributed by atoms with E-state index in [0.717, 1.165) is 18.4 Å². The predicted molar refractivity (Wildman–Crippen MR) is 133 cm³/mol. The fourth-order valence-corrected chi connectivity index (χ4v) is 5.62. The van der Waals surface area contributed by atoms with Crippen molar-refractivity contribution in [2.24, 2.45) is 0 Å². The third-order valence-electron chi connectivity index (χ3n) is 6.90. The van der Waals surface area contributed by atoms with Gasteiger partial charge in [-0.15, -0.1) is 0 Å². The maximum Gasteiger partial charge on any atom is 0.458 e. The second kappa shape index (κ2) is 10.1. The Morgan fingerprint density at radius 2 is 1.66 bits per heavy atom. The van der Waals surface area contributed by atoms with Gasteiger partial charge in [0.1, 0.15) is 17.1 Å². The van der Waals surface area contributed by atoms with Crippen LogP contribution in [0.3, 0.4) is 0 Å². The smallest absolute Gasteiger partial charge is 0.338 e. The lowest BCUT2D eigenvalue weighted by molar-refractivity contribution is -0.289. The zero-order chi connectivity index (χ0) is 29.9. The van der Waals surface area contributed by atoms with E-state index < -0.39 is 79.7 Å². The van der Waals surface area contributed by atoms with Crippen molar-refractivity contribution >= 4 is 9.84 Å². The molecular formula is C27H21F8N3O2S. The van der Waals surface area contributed by atoms with E-state index in [1.165, 1.54) is 19.2 Å². The number of fused-ring (bicyclic) bond motifs is 1. The van der Waals surface area contributed by atoms with Crippen LogP contribution in [0, 0.1) is 5.82 Å². The average molecular weight is 604 g/mol. The summed E-state index contributed by atoms with van der Waals surface area (Å²) in [6.07, 6.45) is -5.85. The van der Waals surface area contributed by atoms with Gasteiger partial charge in [0.05, 0.1) is 22.9 Å². The van der Waals surface area contributed by atoms with Crippen molar-refractivity contribution in [1.82, 2.24) is 14.5 Å². The number of hydrogen-bond acceptors (Lipinski definition) is 4. The quantitative estimate of drug-likeness (QED) is 0.196. The highest BCUT2D eigenvalue weighted by Crippen LogP contribution is 2.46. The lowest BCUT2D eigenvalue weighted by atomic mass is 10.0.